The van der Waals surface area contributed by atoms with Crippen LogP contribution in [0.15, 0.2) is 188 Å². The molecule has 1 atom stereocenters. The van der Waals surface area contributed by atoms with Crippen LogP contribution in [0.5, 0.6) is 0 Å². The average Bonchev–Trinajstić information content (AvgIpc) is 3.76. The van der Waals surface area contributed by atoms with Crippen molar-refractivity contribution in [3.05, 3.63) is 210 Å². The number of rotatable bonds is 5. The molecule has 0 fully saturated rings. The lowest BCUT2D eigenvalue weighted by atomic mass is 9.66. The minimum absolute atomic E-state index is 0.0585. The van der Waals surface area contributed by atoms with Crippen LogP contribution in [0.1, 0.15) is 31.8 Å². The molecule has 0 N–H and O–H groups in total. The predicted molar refractivity (Wildman–Crippen MR) is 209 cm³/mol. The maximum atomic E-state index is 9.82. The van der Waals surface area contributed by atoms with E-state index in [1.165, 1.54) is 0 Å². The molecular weight excluding hydrogens is 611 g/mol. The number of fused-ring (bicyclic) bond motifs is 7. The monoisotopic (exact) mass is 648 g/mol. The Hall–Kier alpha value is -5.96. The molecule has 0 saturated carbocycles. The van der Waals surface area contributed by atoms with Crippen molar-refractivity contribution in [1.82, 2.24) is 0 Å². The van der Waals surface area contributed by atoms with Gasteiger partial charge in [0.25, 0.3) is 0 Å². The van der Waals surface area contributed by atoms with Crippen molar-refractivity contribution in [1.29, 1.82) is 0 Å². The lowest BCUT2D eigenvalue weighted by Gasteiger charge is -2.35. The molecule has 1 unspecified atom stereocenters. The van der Waals surface area contributed by atoms with Crippen molar-refractivity contribution >= 4 is 59.3 Å². The number of anilines is 3. The summed E-state index contributed by atoms with van der Waals surface area (Å²) in [6, 6.07) is 46.5. The van der Waals surface area contributed by atoms with Crippen LogP contribution in [0, 0.1) is 0 Å². The molecule has 1 nitrogen and oxygen atoms in total. The van der Waals surface area contributed by atoms with Gasteiger partial charge in [0, 0.05) is 37.2 Å². The third kappa shape index (κ3) is 4.11. The summed E-state index contributed by atoms with van der Waals surface area (Å²) in [6.45, 7) is 0. The first-order valence-electron chi connectivity index (χ1n) is 19.8. The van der Waals surface area contributed by atoms with E-state index in [0.717, 1.165) is 65.1 Å². The fourth-order valence-corrected chi connectivity index (χ4v) is 9.12. The van der Waals surface area contributed by atoms with E-state index in [4.69, 9.17) is 5.48 Å². The lowest BCUT2D eigenvalue weighted by molar-refractivity contribution is 0.786. The summed E-state index contributed by atoms with van der Waals surface area (Å²) in [5.74, 6) is 0. The van der Waals surface area contributed by atoms with Gasteiger partial charge < -0.3 is 4.90 Å². The average molecular weight is 649 g/mol. The Morgan fingerprint density at radius 1 is 0.449 bits per heavy atom. The summed E-state index contributed by atoms with van der Waals surface area (Å²) in [7, 11) is 0. The number of hydrogen-bond acceptors (Lipinski definition) is 2. The molecular formula is C47H31NS. The van der Waals surface area contributed by atoms with Gasteiger partial charge in [-0.05, 0) is 86.6 Å². The second-order valence-corrected chi connectivity index (χ2v) is 13.4. The molecule has 0 aliphatic heterocycles. The van der Waals surface area contributed by atoms with Crippen LogP contribution in [-0.2, 0) is 5.41 Å². The van der Waals surface area contributed by atoms with Gasteiger partial charge in [-0.3, -0.25) is 0 Å². The molecule has 0 saturated heterocycles. The molecule has 8 aromatic carbocycles. The molecule has 1 heterocycles. The van der Waals surface area contributed by atoms with Crippen molar-refractivity contribution in [2.75, 3.05) is 4.90 Å². The Morgan fingerprint density at radius 2 is 1.10 bits per heavy atom. The van der Waals surface area contributed by atoms with Crippen LogP contribution in [0.3, 0.4) is 0 Å². The molecule has 1 aliphatic carbocycles. The van der Waals surface area contributed by atoms with E-state index >= 15 is 0 Å². The number of benzene rings is 8. The molecule has 1 aliphatic rings. The van der Waals surface area contributed by atoms with Crippen LogP contribution in [0.25, 0.3) is 42.1 Å². The van der Waals surface area contributed by atoms with Gasteiger partial charge >= 0.3 is 0 Å². The number of thiophene rings is 1. The van der Waals surface area contributed by atoms with Crippen LogP contribution in [0.2, 0.25) is 0 Å². The highest BCUT2D eigenvalue weighted by molar-refractivity contribution is 7.26. The van der Waals surface area contributed by atoms with E-state index < -0.39 is 17.5 Å². The Morgan fingerprint density at radius 3 is 1.94 bits per heavy atom. The first-order chi connectivity index (χ1) is 27.2. The minimum atomic E-state index is -1.33. The van der Waals surface area contributed by atoms with E-state index in [-0.39, 0.29) is 46.5 Å². The zero-order valence-electron chi connectivity index (χ0n) is 33.2. The highest BCUT2D eigenvalue weighted by Crippen LogP contribution is 2.60. The summed E-state index contributed by atoms with van der Waals surface area (Å²) >= 11 is 1.65. The predicted octanol–water partition coefficient (Wildman–Crippen LogP) is 13.0. The van der Waals surface area contributed by atoms with Gasteiger partial charge in [-0.1, -0.05) is 145 Å². The molecule has 230 valence electrons. The summed E-state index contributed by atoms with van der Waals surface area (Å²) in [5, 5.41) is 2.15. The van der Waals surface area contributed by atoms with E-state index in [1.54, 1.807) is 11.3 Å². The third-order valence-corrected chi connectivity index (χ3v) is 11.0. The summed E-state index contributed by atoms with van der Waals surface area (Å²) in [5.41, 5.74) is 6.14. The first kappa shape index (κ1) is 21.8. The van der Waals surface area contributed by atoms with Gasteiger partial charge in [-0.25, -0.2) is 0 Å². The Labute approximate surface area is 299 Å². The second kappa shape index (κ2) is 11.1. The van der Waals surface area contributed by atoms with Crippen molar-refractivity contribution in [3.63, 3.8) is 0 Å². The van der Waals surface area contributed by atoms with Crippen molar-refractivity contribution < 1.29 is 9.60 Å². The Balaban J connectivity index is 1.41. The fraction of sp³-hybridized carbons (Fsp3) is 0.0213. The van der Waals surface area contributed by atoms with E-state index in [1.807, 2.05) is 72.8 Å². The van der Waals surface area contributed by atoms with E-state index in [0.29, 0.717) is 0 Å². The van der Waals surface area contributed by atoms with Crippen molar-refractivity contribution in [2.24, 2.45) is 0 Å². The molecule has 1 aromatic heterocycles. The summed E-state index contributed by atoms with van der Waals surface area (Å²) < 4.78 is 66.1. The zero-order valence-corrected chi connectivity index (χ0v) is 27.0. The topological polar surface area (TPSA) is 3.24 Å². The molecule has 2 heteroatoms. The highest BCUT2D eigenvalue weighted by Gasteiger charge is 2.48. The fourth-order valence-electron chi connectivity index (χ4n) is 7.84. The lowest BCUT2D eigenvalue weighted by Crippen LogP contribution is -2.29. The normalized spacial score (nSPS) is 17.0. The van der Waals surface area contributed by atoms with Crippen LogP contribution < -0.4 is 4.90 Å². The van der Waals surface area contributed by atoms with Crippen molar-refractivity contribution in [3.8, 4) is 11.1 Å². The maximum absolute atomic E-state index is 9.82. The largest absolute Gasteiger partial charge is 0.310 e. The molecule has 0 amide bonds. The SMILES string of the molecule is [2H]c1c([2H])c([2H])c2c(C3(c4cccc5c4sc4ccccc45)c4ccccc4-c4cc(N(c5ccccc5)c5ccccc5)ccc43)c([2H])c([2H])c([2H])c2c1[2H]. The molecule has 49 heavy (non-hydrogen) atoms. The molecule has 10 rings (SSSR count). The zero-order chi connectivity index (χ0) is 38.5. The number of nitrogens with zero attached hydrogens (tertiary/aromatic N) is 1. The van der Waals surface area contributed by atoms with E-state index in [9.17, 15) is 4.11 Å². The van der Waals surface area contributed by atoms with Gasteiger partial charge in [0.05, 0.1) is 15.0 Å². The first-order valence-corrected chi connectivity index (χ1v) is 17.1. The Kier molecular flexibility index (Phi) is 4.92. The summed E-state index contributed by atoms with van der Waals surface area (Å²) in [6.07, 6.45) is 0. The highest BCUT2D eigenvalue weighted by atomic mass is 32.1. The minimum Gasteiger partial charge on any atom is -0.310 e. The van der Waals surface area contributed by atoms with E-state index in [2.05, 4.69) is 77.7 Å². The van der Waals surface area contributed by atoms with Crippen molar-refractivity contribution in [2.45, 2.75) is 5.41 Å². The quantitative estimate of drug-likeness (QED) is 0.179. The number of hydrogen-bond donors (Lipinski definition) is 0. The van der Waals surface area contributed by atoms with Gasteiger partial charge in [-0.2, -0.15) is 0 Å². The van der Waals surface area contributed by atoms with Crippen LogP contribution >= 0.6 is 11.3 Å². The Bertz CT molecular complexity index is 3020. The van der Waals surface area contributed by atoms with Gasteiger partial charge in [0.1, 0.15) is 0 Å². The molecule has 9 aromatic rings. The second-order valence-electron chi connectivity index (χ2n) is 12.3. The van der Waals surface area contributed by atoms with Crippen LogP contribution in [0.4, 0.5) is 17.1 Å². The smallest absolute Gasteiger partial charge is 0.0733 e. The van der Waals surface area contributed by atoms with Gasteiger partial charge in [-0.15, -0.1) is 11.3 Å². The third-order valence-electron chi connectivity index (χ3n) is 9.81. The molecule has 0 radical (unpaired) electrons. The summed E-state index contributed by atoms with van der Waals surface area (Å²) in [4.78, 5) is 2.20. The molecule has 0 spiro atoms. The molecule has 0 bridgehead atoms. The van der Waals surface area contributed by atoms with Crippen LogP contribution in [-0.4, -0.2) is 0 Å². The standard InChI is InChI=1S/C47H31NS/c1-3-17-33(18-4-1)48(34-19-5-2-6-20-34)35-29-30-43-40(31-35)37-22-9-11-25-42(37)47(43,41-26-13-16-32-15-7-8-21-36(32)41)44-27-14-24-39-38-23-10-12-28-45(38)49-46(39)44/h1-31H/i7D,8D,13D,15D,16D,21D,26D. The van der Waals surface area contributed by atoms with Gasteiger partial charge in [0.2, 0.25) is 0 Å². The van der Waals surface area contributed by atoms with Gasteiger partial charge in [0.15, 0.2) is 0 Å². The maximum Gasteiger partial charge on any atom is 0.0733 e. The number of para-hydroxylation sites is 2.